The molecule has 100 valence electrons. The minimum atomic E-state index is -0.368. The number of anilines is 1. The van der Waals surface area contributed by atoms with Crippen molar-refractivity contribution in [2.45, 2.75) is 25.3 Å². The van der Waals surface area contributed by atoms with Crippen LogP contribution in [0.5, 0.6) is 0 Å². The summed E-state index contributed by atoms with van der Waals surface area (Å²) < 4.78 is 14.3. The summed E-state index contributed by atoms with van der Waals surface area (Å²) >= 11 is 0. The van der Waals surface area contributed by atoms with Crippen LogP contribution in [0.4, 0.5) is 10.3 Å². The number of fused-ring (bicyclic) bond motifs is 1. The molecule has 2 aromatic rings. The topological polar surface area (TPSA) is 71.3 Å². The lowest BCUT2D eigenvalue weighted by molar-refractivity contribution is -0.120. The van der Waals surface area contributed by atoms with Gasteiger partial charge in [0.25, 0.3) is 0 Å². The number of carbonyl (C=O) groups excluding carboxylic acids is 1. The van der Waals surface area contributed by atoms with E-state index in [4.69, 9.17) is 0 Å². The second-order valence-corrected chi connectivity index (χ2v) is 4.60. The molecule has 1 fully saturated rings. The van der Waals surface area contributed by atoms with Crippen molar-refractivity contribution in [1.29, 1.82) is 0 Å². The van der Waals surface area contributed by atoms with Gasteiger partial charge in [-0.25, -0.2) is 8.91 Å². The lowest BCUT2D eigenvalue weighted by Gasteiger charge is -2.03. The predicted octanol–water partition coefficient (Wildman–Crippen LogP) is 0.949. The summed E-state index contributed by atoms with van der Waals surface area (Å²) in [5.74, 6) is 0.0578. The molecule has 2 heterocycles. The van der Waals surface area contributed by atoms with Crippen LogP contribution in [0.2, 0.25) is 0 Å². The molecule has 2 N–H and O–H groups in total. The van der Waals surface area contributed by atoms with E-state index in [1.807, 2.05) is 0 Å². The highest BCUT2D eigenvalue weighted by Crippen LogP contribution is 2.18. The molecule has 1 aliphatic carbocycles. The highest BCUT2D eigenvalue weighted by Gasteiger charge is 2.22. The lowest BCUT2D eigenvalue weighted by Crippen LogP contribution is -2.27. The fraction of sp³-hybridized carbons (Fsp3) is 0.417. The van der Waals surface area contributed by atoms with Crippen LogP contribution < -0.4 is 10.6 Å². The first-order valence-corrected chi connectivity index (χ1v) is 6.26. The number of nitrogens with one attached hydrogen (secondary N) is 2. The average Bonchev–Trinajstić information content (AvgIpc) is 3.07. The fourth-order valence-electron chi connectivity index (χ4n) is 1.75. The van der Waals surface area contributed by atoms with Crippen LogP contribution in [0.25, 0.3) is 5.65 Å². The van der Waals surface area contributed by atoms with Crippen LogP contribution in [0.1, 0.15) is 19.3 Å². The Kier molecular flexibility index (Phi) is 3.02. The summed E-state index contributed by atoms with van der Waals surface area (Å²) in [4.78, 5) is 15.6. The van der Waals surface area contributed by atoms with Gasteiger partial charge in [-0.05, 0) is 25.0 Å². The van der Waals surface area contributed by atoms with Crippen molar-refractivity contribution in [2.24, 2.45) is 0 Å². The van der Waals surface area contributed by atoms with Crippen LogP contribution in [-0.4, -0.2) is 33.1 Å². The van der Waals surface area contributed by atoms with Crippen molar-refractivity contribution in [2.75, 3.05) is 11.9 Å². The van der Waals surface area contributed by atoms with E-state index in [1.54, 1.807) is 6.07 Å². The summed E-state index contributed by atoms with van der Waals surface area (Å²) in [5.41, 5.74) is 0.561. The van der Waals surface area contributed by atoms with Gasteiger partial charge < -0.3 is 10.6 Å². The third-order valence-electron chi connectivity index (χ3n) is 2.87. The van der Waals surface area contributed by atoms with Gasteiger partial charge in [0.05, 0.1) is 6.20 Å². The number of nitrogens with zero attached hydrogens (tertiary/aromatic N) is 3. The zero-order chi connectivity index (χ0) is 13.2. The van der Waals surface area contributed by atoms with Crippen molar-refractivity contribution in [3.63, 3.8) is 0 Å². The second-order valence-electron chi connectivity index (χ2n) is 4.60. The van der Waals surface area contributed by atoms with Gasteiger partial charge in [0, 0.05) is 19.0 Å². The maximum atomic E-state index is 13.0. The van der Waals surface area contributed by atoms with Crippen LogP contribution >= 0.6 is 0 Å². The Balaban J connectivity index is 1.54. The molecular formula is C12H14FN5O. The Hall–Kier alpha value is -2.18. The minimum Gasteiger partial charge on any atom is -0.353 e. The predicted molar refractivity (Wildman–Crippen MR) is 67.2 cm³/mol. The van der Waals surface area contributed by atoms with Gasteiger partial charge >= 0.3 is 0 Å². The number of amides is 1. The molecule has 0 aliphatic heterocycles. The highest BCUT2D eigenvalue weighted by atomic mass is 19.1. The summed E-state index contributed by atoms with van der Waals surface area (Å²) in [7, 11) is 0. The second kappa shape index (κ2) is 4.83. The fourth-order valence-corrected chi connectivity index (χ4v) is 1.75. The summed E-state index contributed by atoms with van der Waals surface area (Å²) in [6, 6.07) is 3.26. The number of hydrogen-bond acceptors (Lipinski definition) is 4. The van der Waals surface area contributed by atoms with Gasteiger partial charge in [-0.1, -0.05) is 0 Å². The van der Waals surface area contributed by atoms with Crippen molar-refractivity contribution in [1.82, 2.24) is 19.9 Å². The summed E-state index contributed by atoms with van der Waals surface area (Å²) in [6.07, 6.45) is 3.80. The average molecular weight is 263 g/mol. The summed E-state index contributed by atoms with van der Waals surface area (Å²) in [5, 5.41) is 9.92. The minimum absolute atomic E-state index is 0.0322. The van der Waals surface area contributed by atoms with Crippen LogP contribution in [-0.2, 0) is 4.79 Å². The Morgan fingerprint density at radius 3 is 3.11 bits per heavy atom. The van der Waals surface area contributed by atoms with Crippen LogP contribution in [0.3, 0.4) is 0 Å². The van der Waals surface area contributed by atoms with Crippen molar-refractivity contribution in [3.05, 3.63) is 24.1 Å². The first-order valence-electron chi connectivity index (χ1n) is 6.26. The van der Waals surface area contributed by atoms with E-state index >= 15 is 0 Å². The van der Waals surface area contributed by atoms with Crippen LogP contribution in [0.15, 0.2) is 18.3 Å². The molecule has 19 heavy (non-hydrogen) atoms. The Morgan fingerprint density at radius 2 is 2.32 bits per heavy atom. The lowest BCUT2D eigenvalue weighted by atomic mass is 10.4. The number of aromatic nitrogens is 3. The summed E-state index contributed by atoms with van der Waals surface area (Å²) in [6.45, 7) is 0.456. The van der Waals surface area contributed by atoms with E-state index in [2.05, 4.69) is 20.7 Å². The van der Waals surface area contributed by atoms with E-state index in [-0.39, 0.29) is 11.7 Å². The van der Waals surface area contributed by atoms with Gasteiger partial charge in [-0.2, -0.15) is 4.98 Å². The molecule has 0 spiro atoms. The molecule has 0 unspecified atom stereocenters. The maximum Gasteiger partial charge on any atom is 0.243 e. The molecule has 1 aliphatic rings. The zero-order valence-corrected chi connectivity index (χ0v) is 10.3. The van der Waals surface area contributed by atoms with Gasteiger partial charge in [0.1, 0.15) is 5.82 Å². The number of hydrogen-bond donors (Lipinski definition) is 2. The molecule has 0 atom stereocenters. The molecule has 2 aromatic heterocycles. The standard InChI is InChI=1S/C12H14FN5O/c13-8-1-4-10-16-12(17-18(10)7-8)14-6-5-11(19)15-9-2-3-9/h1,4,7,9H,2-3,5-6H2,(H,14,17)(H,15,19). The first kappa shape index (κ1) is 11.9. The van der Waals surface area contributed by atoms with Gasteiger partial charge in [-0.3, -0.25) is 4.79 Å². The zero-order valence-electron chi connectivity index (χ0n) is 10.3. The SMILES string of the molecule is O=C(CCNc1nc2ccc(F)cn2n1)NC1CC1. The third-order valence-corrected chi connectivity index (χ3v) is 2.87. The molecule has 1 amide bonds. The molecule has 0 aromatic carbocycles. The van der Waals surface area contributed by atoms with Gasteiger partial charge in [0.15, 0.2) is 5.65 Å². The van der Waals surface area contributed by atoms with Crippen molar-refractivity contribution < 1.29 is 9.18 Å². The van der Waals surface area contributed by atoms with E-state index in [0.717, 1.165) is 12.8 Å². The van der Waals surface area contributed by atoms with Gasteiger partial charge in [0.2, 0.25) is 11.9 Å². The molecule has 0 radical (unpaired) electrons. The van der Waals surface area contributed by atoms with E-state index in [9.17, 15) is 9.18 Å². The Bertz CT molecular complexity index is 607. The Morgan fingerprint density at radius 1 is 1.47 bits per heavy atom. The van der Waals surface area contributed by atoms with E-state index in [1.165, 1.54) is 16.8 Å². The molecule has 6 nitrogen and oxygen atoms in total. The number of pyridine rings is 1. The molecule has 0 bridgehead atoms. The monoisotopic (exact) mass is 263 g/mol. The highest BCUT2D eigenvalue weighted by molar-refractivity contribution is 5.77. The van der Waals surface area contributed by atoms with Gasteiger partial charge in [-0.15, -0.1) is 5.10 Å². The maximum absolute atomic E-state index is 13.0. The quantitative estimate of drug-likeness (QED) is 0.842. The smallest absolute Gasteiger partial charge is 0.243 e. The molecule has 3 rings (SSSR count). The molecule has 7 heteroatoms. The van der Waals surface area contributed by atoms with Crippen molar-refractivity contribution >= 4 is 17.5 Å². The number of rotatable bonds is 5. The first-order chi connectivity index (χ1) is 9.20. The largest absolute Gasteiger partial charge is 0.353 e. The number of carbonyl (C=O) groups is 1. The van der Waals surface area contributed by atoms with E-state index in [0.29, 0.717) is 30.6 Å². The molecular weight excluding hydrogens is 249 g/mol. The Labute approximate surface area is 109 Å². The number of halogens is 1. The van der Waals surface area contributed by atoms with Crippen molar-refractivity contribution in [3.8, 4) is 0 Å². The van der Waals surface area contributed by atoms with Crippen LogP contribution in [0, 0.1) is 5.82 Å². The molecule has 1 saturated carbocycles. The normalized spacial score (nSPS) is 14.6. The third kappa shape index (κ3) is 2.98. The van der Waals surface area contributed by atoms with E-state index < -0.39 is 0 Å². The molecule has 0 saturated heterocycles.